The lowest BCUT2D eigenvalue weighted by molar-refractivity contribution is 0.668. The highest BCUT2D eigenvalue weighted by atomic mass is 16.3. The van der Waals surface area contributed by atoms with Crippen LogP contribution in [-0.4, -0.2) is 4.98 Å². The molecule has 4 heteroatoms. The lowest BCUT2D eigenvalue weighted by Gasteiger charge is -2.25. The Balaban J connectivity index is 1.11. The summed E-state index contributed by atoms with van der Waals surface area (Å²) < 4.78 is 12.7. The van der Waals surface area contributed by atoms with Crippen LogP contribution in [0.2, 0.25) is 0 Å². The average Bonchev–Trinajstić information content (AvgIpc) is 3.73. The quantitative estimate of drug-likeness (QED) is 0.190. The van der Waals surface area contributed by atoms with E-state index in [2.05, 4.69) is 144 Å². The molecule has 4 nitrogen and oxygen atoms in total. The van der Waals surface area contributed by atoms with Gasteiger partial charge in [-0.1, -0.05) is 115 Å². The first-order valence-electron chi connectivity index (χ1n) is 16.5. The number of aromatic nitrogens is 1. The molecular weight excluding hydrogens is 601 g/mol. The van der Waals surface area contributed by atoms with Gasteiger partial charge in [-0.25, -0.2) is 4.98 Å². The fourth-order valence-corrected chi connectivity index (χ4v) is 7.06. The van der Waals surface area contributed by atoms with Gasteiger partial charge in [0.2, 0.25) is 0 Å². The van der Waals surface area contributed by atoms with E-state index in [1.54, 1.807) is 0 Å². The van der Waals surface area contributed by atoms with Gasteiger partial charge in [0, 0.05) is 33.1 Å². The van der Waals surface area contributed by atoms with Crippen LogP contribution in [0.5, 0.6) is 0 Å². The van der Waals surface area contributed by atoms with E-state index < -0.39 is 0 Å². The zero-order valence-corrected chi connectivity index (χ0v) is 26.4. The first kappa shape index (κ1) is 27.5. The Hall–Kier alpha value is -6.65. The molecule has 230 valence electrons. The van der Waals surface area contributed by atoms with Crippen molar-refractivity contribution in [3.05, 3.63) is 170 Å². The molecule has 0 saturated carbocycles. The maximum Gasteiger partial charge on any atom is 0.154 e. The van der Waals surface area contributed by atoms with Crippen molar-refractivity contribution in [2.24, 2.45) is 0 Å². The molecule has 0 radical (unpaired) electrons. The number of pyridine rings is 1. The first-order chi connectivity index (χ1) is 24.3. The van der Waals surface area contributed by atoms with Crippen LogP contribution in [0.25, 0.3) is 77.0 Å². The molecule has 0 amide bonds. The number of rotatable bonds is 5. The second-order valence-corrected chi connectivity index (χ2v) is 12.4. The second kappa shape index (κ2) is 11.0. The summed E-state index contributed by atoms with van der Waals surface area (Å²) in [5, 5.41) is 5.56. The molecular formula is C45H28N2O2. The highest BCUT2D eigenvalue weighted by molar-refractivity contribution is 6.10. The highest BCUT2D eigenvalue weighted by Crippen LogP contribution is 2.40. The summed E-state index contributed by atoms with van der Waals surface area (Å²) in [4.78, 5) is 7.47. The van der Waals surface area contributed by atoms with Gasteiger partial charge in [0.05, 0.1) is 0 Å². The van der Waals surface area contributed by atoms with Gasteiger partial charge in [-0.3, -0.25) is 4.90 Å². The lowest BCUT2D eigenvalue weighted by atomic mass is 10.0. The normalized spacial score (nSPS) is 11.7. The van der Waals surface area contributed by atoms with Gasteiger partial charge in [0.25, 0.3) is 0 Å². The van der Waals surface area contributed by atoms with Crippen LogP contribution in [0, 0.1) is 0 Å². The molecule has 7 aromatic carbocycles. The Labute approximate surface area is 282 Å². The summed E-state index contributed by atoms with van der Waals surface area (Å²) in [5.41, 5.74) is 10.7. The maximum atomic E-state index is 6.37. The Morgan fingerprint density at radius 1 is 0.408 bits per heavy atom. The summed E-state index contributed by atoms with van der Waals surface area (Å²) in [6, 6.07) is 59.1. The minimum absolute atomic E-state index is 0.766. The molecule has 49 heavy (non-hydrogen) atoms. The van der Waals surface area contributed by atoms with Gasteiger partial charge in [-0.05, 0) is 82.1 Å². The van der Waals surface area contributed by atoms with Crippen LogP contribution >= 0.6 is 0 Å². The Morgan fingerprint density at radius 3 is 1.86 bits per heavy atom. The van der Waals surface area contributed by atoms with Gasteiger partial charge in [-0.2, -0.15) is 0 Å². The number of benzene rings is 7. The third-order valence-electron chi connectivity index (χ3n) is 9.47. The maximum absolute atomic E-state index is 6.37. The fraction of sp³-hybridized carbons (Fsp3) is 0. The summed E-state index contributed by atoms with van der Waals surface area (Å²) >= 11 is 0. The van der Waals surface area contributed by atoms with Gasteiger partial charge >= 0.3 is 0 Å². The van der Waals surface area contributed by atoms with Gasteiger partial charge in [0.15, 0.2) is 5.58 Å². The van der Waals surface area contributed by atoms with Crippen LogP contribution < -0.4 is 4.90 Å². The predicted octanol–water partition coefficient (Wildman–Crippen LogP) is 12.8. The Bertz CT molecular complexity index is 2810. The summed E-state index contributed by atoms with van der Waals surface area (Å²) in [5.74, 6) is 0.808. The fourth-order valence-electron chi connectivity index (χ4n) is 7.06. The Morgan fingerprint density at radius 2 is 1.06 bits per heavy atom. The van der Waals surface area contributed by atoms with Crippen LogP contribution in [0.4, 0.5) is 17.2 Å². The molecule has 0 aliphatic heterocycles. The van der Waals surface area contributed by atoms with E-state index in [0.29, 0.717) is 0 Å². The molecule has 0 fully saturated rings. The van der Waals surface area contributed by atoms with Crippen LogP contribution in [0.3, 0.4) is 0 Å². The van der Waals surface area contributed by atoms with E-state index in [4.69, 9.17) is 13.8 Å². The summed E-state index contributed by atoms with van der Waals surface area (Å²) in [6.45, 7) is 0. The topological polar surface area (TPSA) is 42.4 Å². The number of para-hydroxylation sites is 2. The van der Waals surface area contributed by atoms with Crippen molar-refractivity contribution in [3.8, 4) is 22.3 Å². The molecule has 0 bridgehead atoms. The molecule has 0 unspecified atom stereocenters. The summed E-state index contributed by atoms with van der Waals surface area (Å²) in [6.07, 6.45) is 0. The zero-order chi connectivity index (χ0) is 32.3. The van der Waals surface area contributed by atoms with Crippen molar-refractivity contribution >= 4 is 72.0 Å². The van der Waals surface area contributed by atoms with Gasteiger partial charge in [-0.15, -0.1) is 0 Å². The predicted molar refractivity (Wildman–Crippen MR) is 202 cm³/mol. The van der Waals surface area contributed by atoms with E-state index in [9.17, 15) is 0 Å². The third-order valence-corrected chi connectivity index (χ3v) is 9.47. The van der Waals surface area contributed by atoms with E-state index in [0.717, 1.165) is 88.7 Å². The van der Waals surface area contributed by atoms with Crippen molar-refractivity contribution in [2.75, 3.05) is 4.90 Å². The number of hydrogen-bond donors (Lipinski definition) is 0. The Kier molecular flexibility index (Phi) is 6.15. The lowest BCUT2D eigenvalue weighted by Crippen LogP contribution is -2.11. The van der Waals surface area contributed by atoms with E-state index in [1.165, 1.54) is 5.56 Å². The SMILES string of the molecule is c1ccc(-c2ccc(N(c3ccc(-c4cccc5c4oc4ccccc45)cc3)c3ccc4oc5cc6ccccc6cc5c4n3)cc2)cc1. The zero-order valence-electron chi connectivity index (χ0n) is 26.4. The molecule has 3 heterocycles. The number of anilines is 3. The van der Waals surface area contributed by atoms with Crippen molar-refractivity contribution in [3.63, 3.8) is 0 Å². The molecule has 0 saturated heterocycles. The average molecular weight is 629 g/mol. The van der Waals surface area contributed by atoms with Crippen molar-refractivity contribution < 1.29 is 8.83 Å². The largest absolute Gasteiger partial charge is 0.455 e. The molecule has 0 atom stereocenters. The molecule has 10 aromatic rings. The monoisotopic (exact) mass is 628 g/mol. The highest BCUT2D eigenvalue weighted by Gasteiger charge is 2.19. The molecule has 0 aliphatic rings. The standard InChI is InChI=1S/C45H28N2O2/c1-2-9-29(10-3-1)30-17-21-34(22-18-30)47(43-26-25-41-44(46-43)39-27-32-11-4-5-12-33(32)28-42(39)48-41)35-23-19-31(20-24-35)36-14-8-15-38-37-13-6-7-16-40(37)49-45(36)38/h1-28H. The first-order valence-corrected chi connectivity index (χ1v) is 16.5. The number of furan rings is 2. The molecule has 0 spiro atoms. The number of nitrogens with zero attached hydrogens (tertiary/aromatic N) is 2. The van der Waals surface area contributed by atoms with Crippen LogP contribution in [0.15, 0.2) is 179 Å². The summed E-state index contributed by atoms with van der Waals surface area (Å²) in [7, 11) is 0. The van der Waals surface area contributed by atoms with E-state index in [-0.39, 0.29) is 0 Å². The van der Waals surface area contributed by atoms with E-state index >= 15 is 0 Å². The van der Waals surface area contributed by atoms with Crippen molar-refractivity contribution in [1.29, 1.82) is 0 Å². The molecule has 0 N–H and O–H groups in total. The minimum Gasteiger partial charge on any atom is -0.455 e. The number of hydrogen-bond acceptors (Lipinski definition) is 4. The number of fused-ring (bicyclic) bond motifs is 7. The molecule has 0 aliphatic carbocycles. The smallest absolute Gasteiger partial charge is 0.154 e. The van der Waals surface area contributed by atoms with Crippen LogP contribution in [-0.2, 0) is 0 Å². The second-order valence-electron chi connectivity index (χ2n) is 12.4. The van der Waals surface area contributed by atoms with E-state index in [1.807, 2.05) is 30.3 Å². The molecule has 3 aromatic heterocycles. The van der Waals surface area contributed by atoms with Crippen molar-refractivity contribution in [1.82, 2.24) is 4.98 Å². The van der Waals surface area contributed by atoms with Crippen molar-refractivity contribution in [2.45, 2.75) is 0 Å². The van der Waals surface area contributed by atoms with Crippen LogP contribution in [0.1, 0.15) is 0 Å². The molecule has 10 rings (SSSR count). The minimum atomic E-state index is 0.766. The van der Waals surface area contributed by atoms with Gasteiger partial charge < -0.3 is 8.83 Å². The third kappa shape index (κ3) is 4.57. The van der Waals surface area contributed by atoms with Gasteiger partial charge in [0.1, 0.15) is 28.1 Å².